The zero-order valence-corrected chi connectivity index (χ0v) is 15.9. The summed E-state index contributed by atoms with van der Waals surface area (Å²) in [6.45, 7) is 0. The number of halogens is 2. The maximum absolute atomic E-state index is 8.61. The summed E-state index contributed by atoms with van der Waals surface area (Å²) >= 11 is 0. The molecule has 0 spiro atoms. The van der Waals surface area contributed by atoms with Crippen molar-refractivity contribution in [2.75, 3.05) is 0 Å². The predicted molar refractivity (Wildman–Crippen MR) is 80.5 cm³/mol. The molecule has 0 aliphatic rings. The highest BCUT2D eigenvalue weighted by Crippen LogP contribution is 2.08. The van der Waals surface area contributed by atoms with Crippen LogP contribution in [0.5, 0.6) is 0 Å². The minimum absolute atomic E-state index is 0. The average molecular weight is 470 g/mol. The molecule has 3 heterocycles. The summed E-state index contributed by atoms with van der Waals surface area (Å²) < 4.78 is 9.39. The second kappa shape index (κ2) is 9.70. The van der Waals surface area contributed by atoms with Gasteiger partial charge in [-0.05, 0) is 12.1 Å². The van der Waals surface area contributed by atoms with Gasteiger partial charge in [-0.2, -0.15) is 0 Å². The largest absolute Gasteiger partial charge is 1.00 e. The smallest absolute Gasteiger partial charge is 0.383 e. The fourth-order valence-electron chi connectivity index (χ4n) is 2.14. The molecular formula is C16H14Br2N4O3. The maximum atomic E-state index is 8.61. The van der Waals surface area contributed by atoms with Gasteiger partial charge in [0.25, 0.3) is 0 Å². The van der Waals surface area contributed by atoms with Crippen LogP contribution in [0.15, 0.2) is 75.9 Å². The van der Waals surface area contributed by atoms with Gasteiger partial charge in [-0.25, -0.2) is 0 Å². The van der Waals surface area contributed by atoms with E-state index in [1.165, 1.54) is 12.4 Å². The quantitative estimate of drug-likeness (QED) is 0.175. The molecule has 0 saturated heterocycles. The van der Waals surface area contributed by atoms with Crippen LogP contribution < -0.4 is 43.1 Å². The van der Waals surface area contributed by atoms with Crippen LogP contribution >= 0.6 is 0 Å². The zero-order chi connectivity index (χ0) is 16.1. The van der Waals surface area contributed by atoms with Crippen molar-refractivity contribution in [1.82, 2.24) is 0 Å². The third-order valence-electron chi connectivity index (χ3n) is 3.15. The molecule has 0 unspecified atom stereocenters. The number of rotatable bonds is 4. The van der Waals surface area contributed by atoms with E-state index in [0.717, 1.165) is 11.1 Å². The van der Waals surface area contributed by atoms with E-state index in [-0.39, 0.29) is 34.0 Å². The molecule has 9 heteroatoms. The van der Waals surface area contributed by atoms with Gasteiger partial charge in [0, 0.05) is 12.1 Å². The van der Waals surface area contributed by atoms with E-state index >= 15 is 0 Å². The van der Waals surface area contributed by atoms with Gasteiger partial charge in [0.1, 0.15) is 0 Å². The summed E-state index contributed by atoms with van der Waals surface area (Å²) in [7, 11) is 0. The highest BCUT2D eigenvalue weighted by Gasteiger charge is 2.18. The Kier molecular flexibility index (Phi) is 7.96. The molecule has 7 nitrogen and oxygen atoms in total. The molecule has 0 atom stereocenters. The molecule has 25 heavy (non-hydrogen) atoms. The normalized spacial score (nSPS) is 10.6. The third-order valence-corrected chi connectivity index (χ3v) is 3.15. The SMILES string of the molecule is O/N=C/c1ccc[n+](-c2ccc(-[n+]3cccc(/C=N/O)c3)o2)c1.[Br-].[Br-]. The van der Waals surface area contributed by atoms with Crippen molar-refractivity contribution in [3.8, 4) is 11.8 Å². The minimum atomic E-state index is 0. The monoisotopic (exact) mass is 468 g/mol. The van der Waals surface area contributed by atoms with E-state index in [0.29, 0.717) is 11.8 Å². The lowest BCUT2D eigenvalue weighted by Gasteiger charge is -1.93. The molecule has 130 valence electrons. The van der Waals surface area contributed by atoms with Gasteiger partial charge in [0.2, 0.25) is 0 Å². The van der Waals surface area contributed by atoms with Gasteiger partial charge < -0.3 is 48.8 Å². The molecule has 0 aliphatic carbocycles. The molecule has 3 aromatic rings. The Labute approximate surface area is 164 Å². The molecule has 0 aliphatic heterocycles. The van der Waals surface area contributed by atoms with Gasteiger partial charge in [-0.3, -0.25) is 0 Å². The molecule has 3 aromatic heterocycles. The van der Waals surface area contributed by atoms with Crippen molar-refractivity contribution < 1.29 is 57.9 Å². The van der Waals surface area contributed by atoms with E-state index in [1.54, 1.807) is 21.5 Å². The van der Waals surface area contributed by atoms with Crippen LogP contribution in [0.4, 0.5) is 0 Å². The van der Waals surface area contributed by atoms with Crippen LogP contribution in [0, 0.1) is 0 Å². The molecule has 0 radical (unpaired) electrons. The van der Waals surface area contributed by atoms with E-state index in [1.807, 2.05) is 48.8 Å². The summed E-state index contributed by atoms with van der Waals surface area (Å²) in [4.78, 5) is 0. The molecular weight excluding hydrogens is 456 g/mol. The van der Waals surface area contributed by atoms with Gasteiger partial charge in [-0.15, -0.1) is 9.13 Å². The topological polar surface area (TPSA) is 86.1 Å². The summed E-state index contributed by atoms with van der Waals surface area (Å²) in [6, 6.07) is 10.9. The Balaban J connectivity index is 0.00000156. The molecule has 0 aromatic carbocycles. The highest BCUT2D eigenvalue weighted by molar-refractivity contribution is 5.78. The Morgan fingerprint density at radius 3 is 1.60 bits per heavy atom. The van der Waals surface area contributed by atoms with Crippen LogP contribution in [0.1, 0.15) is 11.1 Å². The first kappa shape index (κ1) is 20.5. The number of hydrogen-bond donors (Lipinski definition) is 2. The van der Waals surface area contributed by atoms with Gasteiger partial charge in [0.15, 0.2) is 24.8 Å². The fraction of sp³-hybridized carbons (Fsp3) is 0. The first-order valence-corrected chi connectivity index (χ1v) is 6.78. The van der Waals surface area contributed by atoms with Crippen molar-refractivity contribution in [3.05, 3.63) is 72.3 Å². The standard InChI is InChI=1S/C16H12N4O3.2BrH/c21-17-9-13-3-1-7-19(11-13)15-5-6-16(23-15)20-8-2-4-14(12-20)10-18-22;;/h1-12H;2*1H/b17-9+,18-10+;;. The molecule has 0 amide bonds. The lowest BCUT2D eigenvalue weighted by atomic mass is 10.3. The summed E-state index contributed by atoms with van der Waals surface area (Å²) in [5, 5.41) is 23.2. The summed E-state index contributed by atoms with van der Waals surface area (Å²) in [6.07, 6.45) is 9.90. The second-order valence-electron chi connectivity index (χ2n) is 4.69. The number of nitrogens with zero attached hydrogens (tertiary/aromatic N) is 4. The van der Waals surface area contributed by atoms with Crippen molar-refractivity contribution in [2.24, 2.45) is 10.3 Å². The van der Waals surface area contributed by atoms with Crippen LogP contribution in [-0.4, -0.2) is 22.8 Å². The van der Waals surface area contributed by atoms with E-state index in [2.05, 4.69) is 10.3 Å². The molecule has 3 rings (SSSR count). The number of hydrogen-bond acceptors (Lipinski definition) is 5. The van der Waals surface area contributed by atoms with E-state index in [9.17, 15) is 0 Å². The summed E-state index contributed by atoms with van der Waals surface area (Å²) in [5.41, 5.74) is 1.48. The van der Waals surface area contributed by atoms with Crippen LogP contribution in [0.2, 0.25) is 0 Å². The number of pyridine rings is 2. The van der Waals surface area contributed by atoms with Crippen LogP contribution in [0.25, 0.3) is 11.8 Å². The van der Waals surface area contributed by atoms with Gasteiger partial charge in [-0.1, -0.05) is 10.3 Å². The van der Waals surface area contributed by atoms with Crippen molar-refractivity contribution in [2.45, 2.75) is 0 Å². The van der Waals surface area contributed by atoms with Gasteiger partial charge >= 0.3 is 11.8 Å². The Morgan fingerprint density at radius 2 is 1.20 bits per heavy atom. The zero-order valence-electron chi connectivity index (χ0n) is 12.8. The predicted octanol–water partition coefficient (Wildman–Crippen LogP) is -4.54. The Hall–Kier alpha value is -2.52. The fourth-order valence-corrected chi connectivity index (χ4v) is 2.14. The van der Waals surface area contributed by atoms with Crippen molar-refractivity contribution >= 4 is 12.4 Å². The first-order valence-electron chi connectivity index (χ1n) is 6.78. The third kappa shape index (κ3) is 4.97. The number of aromatic nitrogens is 2. The number of oxime groups is 2. The Morgan fingerprint density at radius 1 is 0.760 bits per heavy atom. The van der Waals surface area contributed by atoms with Gasteiger partial charge in [0.05, 0.1) is 35.7 Å². The highest BCUT2D eigenvalue weighted by atomic mass is 79.9. The first-order chi connectivity index (χ1) is 11.3. The summed E-state index contributed by atoms with van der Waals surface area (Å²) in [5.74, 6) is 1.23. The maximum Gasteiger partial charge on any atom is 0.383 e. The van der Waals surface area contributed by atoms with E-state index < -0.39 is 0 Å². The lowest BCUT2D eigenvalue weighted by molar-refractivity contribution is -0.627. The van der Waals surface area contributed by atoms with Crippen molar-refractivity contribution in [1.29, 1.82) is 0 Å². The Bertz CT molecular complexity index is 811. The number of furan rings is 1. The average Bonchev–Trinajstić information content (AvgIpc) is 3.06. The minimum Gasteiger partial charge on any atom is -1.00 e. The van der Waals surface area contributed by atoms with Crippen LogP contribution in [-0.2, 0) is 0 Å². The lowest BCUT2D eigenvalue weighted by Crippen LogP contribution is -3.00. The molecule has 0 bridgehead atoms. The van der Waals surface area contributed by atoms with E-state index in [4.69, 9.17) is 14.8 Å². The molecule has 2 N–H and O–H groups in total. The molecule has 0 fully saturated rings. The molecule has 0 saturated carbocycles. The van der Waals surface area contributed by atoms with Crippen LogP contribution in [0.3, 0.4) is 0 Å². The second-order valence-corrected chi connectivity index (χ2v) is 4.69. The van der Waals surface area contributed by atoms with Crippen molar-refractivity contribution in [3.63, 3.8) is 0 Å².